The van der Waals surface area contributed by atoms with E-state index in [0.717, 1.165) is 16.8 Å². The minimum absolute atomic E-state index is 0.243. The summed E-state index contributed by atoms with van der Waals surface area (Å²) < 4.78 is 5.36. The van der Waals surface area contributed by atoms with Crippen molar-refractivity contribution in [3.8, 4) is 5.75 Å². The minimum Gasteiger partial charge on any atom is -0.495 e. The molecule has 1 N–H and O–H groups in total. The van der Waals surface area contributed by atoms with Gasteiger partial charge in [-0.15, -0.1) is 0 Å². The minimum atomic E-state index is -0.258. The Balaban J connectivity index is 1.49. The molecule has 0 bridgehead atoms. The lowest BCUT2D eigenvalue weighted by molar-refractivity contribution is 0.0608. The highest BCUT2D eigenvalue weighted by atomic mass is 35.5. The molecule has 1 aliphatic rings. The number of urea groups is 1. The quantitative estimate of drug-likeness (QED) is 0.512. The lowest BCUT2D eigenvalue weighted by atomic mass is 10.0. The first-order valence-electron chi connectivity index (χ1n) is 10.3. The van der Waals surface area contributed by atoms with Crippen molar-refractivity contribution in [1.82, 2.24) is 4.90 Å². The number of nitrogens with zero attached hydrogens (tertiary/aromatic N) is 2. The zero-order valence-corrected chi connectivity index (χ0v) is 18.5. The first kappa shape index (κ1) is 21.7. The van der Waals surface area contributed by atoms with Crippen LogP contribution < -0.4 is 10.1 Å². The second kappa shape index (κ2) is 10.2. The van der Waals surface area contributed by atoms with Crippen LogP contribution in [0.25, 0.3) is 0 Å². The Bertz CT molecular complexity index is 1100. The highest BCUT2D eigenvalue weighted by molar-refractivity contribution is 6.30. The molecule has 3 aromatic carbocycles. The highest BCUT2D eigenvalue weighted by Crippen LogP contribution is 2.25. The fourth-order valence-corrected chi connectivity index (χ4v) is 3.80. The third kappa shape index (κ3) is 5.39. The Morgan fingerprint density at radius 3 is 2.69 bits per heavy atom. The van der Waals surface area contributed by atoms with Gasteiger partial charge in [0, 0.05) is 18.0 Å². The van der Waals surface area contributed by atoms with Crippen LogP contribution in [0.5, 0.6) is 5.75 Å². The van der Waals surface area contributed by atoms with E-state index in [4.69, 9.17) is 21.2 Å². The molecule has 164 valence electrons. The van der Waals surface area contributed by atoms with Gasteiger partial charge in [-0.05, 0) is 35.4 Å². The van der Waals surface area contributed by atoms with Gasteiger partial charge in [-0.3, -0.25) is 0 Å². The Morgan fingerprint density at radius 1 is 1.12 bits per heavy atom. The summed E-state index contributed by atoms with van der Waals surface area (Å²) in [6, 6.07) is 24.4. The molecule has 0 spiro atoms. The number of carbonyl (C=O) groups excluding carboxylic acids is 1. The number of methoxy groups -OCH3 is 1. The van der Waals surface area contributed by atoms with E-state index in [2.05, 4.69) is 10.5 Å². The summed E-state index contributed by atoms with van der Waals surface area (Å²) >= 11 is 6.16. The van der Waals surface area contributed by atoms with Crippen LogP contribution in [0.15, 0.2) is 84.0 Å². The van der Waals surface area contributed by atoms with Gasteiger partial charge < -0.3 is 19.8 Å². The predicted molar refractivity (Wildman–Crippen MR) is 126 cm³/mol. The topological polar surface area (TPSA) is 63.2 Å². The molecular weight excluding hydrogens is 426 g/mol. The summed E-state index contributed by atoms with van der Waals surface area (Å²) in [5.41, 5.74) is 3.43. The number of hydrogen-bond donors (Lipinski definition) is 1. The van der Waals surface area contributed by atoms with Crippen LogP contribution in [0, 0.1) is 0 Å². The van der Waals surface area contributed by atoms with Gasteiger partial charge in [-0.1, -0.05) is 71.4 Å². The van der Waals surface area contributed by atoms with Crippen molar-refractivity contribution in [1.29, 1.82) is 0 Å². The van der Waals surface area contributed by atoms with Gasteiger partial charge in [-0.25, -0.2) is 4.79 Å². The van der Waals surface area contributed by atoms with Crippen molar-refractivity contribution >= 4 is 29.0 Å². The van der Waals surface area contributed by atoms with Crippen molar-refractivity contribution in [3.63, 3.8) is 0 Å². The van der Waals surface area contributed by atoms with Crippen molar-refractivity contribution in [2.45, 2.75) is 19.1 Å². The summed E-state index contributed by atoms with van der Waals surface area (Å²) in [4.78, 5) is 20.6. The first-order valence-corrected chi connectivity index (χ1v) is 10.7. The monoisotopic (exact) mass is 449 g/mol. The maximum absolute atomic E-state index is 13.2. The standard InChI is InChI=1S/C25H24ClN3O3/c1-31-24-13-6-5-12-22(24)27-25(30)29(16-18-8-7-11-20(26)14-18)17-21-15-23(28-32-21)19-9-3-2-4-10-19/h2-14,21H,15-17H2,1H3,(H,27,30)/t21-/m0/s1. The third-order valence-corrected chi connectivity index (χ3v) is 5.40. The van der Waals surface area contributed by atoms with Crippen LogP contribution in [-0.2, 0) is 11.4 Å². The number of amides is 2. The lowest BCUT2D eigenvalue weighted by Crippen LogP contribution is -2.40. The first-order chi connectivity index (χ1) is 15.6. The van der Waals surface area contributed by atoms with Gasteiger partial charge in [0.05, 0.1) is 25.1 Å². The molecule has 4 rings (SSSR count). The molecule has 1 heterocycles. The molecule has 6 nitrogen and oxygen atoms in total. The van der Waals surface area contributed by atoms with Gasteiger partial charge >= 0.3 is 6.03 Å². The normalized spacial score (nSPS) is 14.9. The van der Waals surface area contributed by atoms with Crippen LogP contribution >= 0.6 is 11.6 Å². The van der Waals surface area contributed by atoms with E-state index < -0.39 is 0 Å². The number of hydrogen-bond acceptors (Lipinski definition) is 4. The van der Waals surface area contributed by atoms with E-state index in [9.17, 15) is 4.79 Å². The lowest BCUT2D eigenvalue weighted by Gasteiger charge is -2.25. The van der Waals surface area contributed by atoms with Crippen LogP contribution in [-0.4, -0.2) is 36.4 Å². The van der Waals surface area contributed by atoms with Gasteiger partial charge in [0.25, 0.3) is 0 Å². The number of oxime groups is 1. The number of nitrogens with one attached hydrogen (secondary N) is 1. The van der Waals surface area contributed by atoms with E-state index in [1.165, 1.54) is 0 Å². The van der Waals surface area contributed by atoms with Gasteiger partial charge in [0.15, 0.2) is 6.10 Å². The molecule has 32 heavy (non-hydrogen) atoms. The average Bonchev–Trinajstić information content (AvgIpc) is 3.28. The maximum Gasteiger partial charge on any atom is 0.322 e. The van der Waals surface area contributed by atoms with E-state index >= 15 is 0 Å². The predicted octanol–water partition coefficient (Wildman–Crippen LogP) is 5.58. The van der Waals surface area contributed by atoms with Crippen molar-refractivity contribution in [2.75, 3.05) is 19.0 Å². The highest BCUT2D eigenvalue weighted by Gasteiger charge is 2.27. The van der Waals surface area contributed by atoms with Crippen molar-refractivity contribution in [3.05, 3.63) is 95.0 Å². The number of halogens is 1. The summed E-state index contributed by atoms with van der Waals surface area (Å²) in [6.45, 7) is 0.745. The molecule has 0 saturated carbocycles. The molecule has 0 aromatic heterocycles. The van der Waals surface area contributed by atoms with Crippen LogP contribution in [0.1, 0.15) is 17.5 Å². The van der Waals surface area contributed by atoms with Gasteiger partial charge in [0.1, 0.15) is 5.75 Å². The zero-order valence-electron chi connectivity index (χ0n) is 17.7. The summed E-state index contributed by atoms with van der Waals surface area (Å²) in [7, 11) is 1.57. The molecule has 0 unspecified atom stereocenters. The molecule has 1 aliphatic heterocycles. The van der Waals surface area contributed by atoms with Gasteiger partial charge in [-0.2, -0.15) is 0 Å². The van der Waals surface area contributed by atoms with Crippen LogP contribution in [0.3, 0.4) is 0 Å². The summed E-state index contributed by atoms with van der Waals surface area (Å²) in [5, 5.41) is 7.82. The van der Waals surface area contributed by atoms with Crippen molar-refractivity contribution < 1.29 is 14.4 Å². The molecule has 0 saturated heterocycles. The molecule has 2 amide bonds. The molecule has 7 heteroatoms. The third-order valence-electron chi connectivity index (χ3n) is 5.16. The molecule has 0 fully saturated rings. The number of carbonyl (C=O) groups is 1. The van der Waals surface area contributed by atoms with Crippen LogP contribution in [0.4, 0.5) is 10.5 Å². The van der Waals surface area contributed by atoms with Crippen LogP contribution in [0.2, 0.25) is 5.02 Å². The molecular formula is C25H24ClN3O3. The van der Waals surface area contributed by atoms with E-state index in [1.807, 2.05) is 66.7 Å². The van der Waals surface area contributed by atoms with E-state index in [-0.39, 0.29) is 12.1 Å². The molecule has 0 aliphatic carbocycles. The van der Waals surface area contributed by atoms with Crippen molar-refractivity contribution in [2.24, 2.45) is 5.16 Å². The number of anilines is 1. The van der Waals surface area contributed by atoms with Gasteiger partial charge in [0.2, 0.25) is 0 Å². The summed E-state index contributed by atoms with van der Waals surface area (Å²) in [6.07, 6.45) is 0.380. The summed E-state index contributed by atoms with van der Waals surface area (Å²) in [5.74, 6) is 0.593. The number of benzene rings is 3. The van der Waals surface area contributed by atoms with E-state index in [1.54, 1.807) is 24.1 Å². The number of rotatable bonds is 7. The Hall–Kier alpha value is -3.51. The largest absolute Gasteiger partial charge is 0.495 e. The molecule has 1 atom stereocenters. The Morgan fingerprint density at radius 2 is 1.91 bits per heavy atom. The van der Waals surface area contributed by atoms with E-state index in [0.29, 0.717) is 36.0 Å². The number of ether oxygens (including phenoxy) is 1. The second-order valence-electron chi connectivity index (χ2n) is 7.48. The Kier molecular flexibility index (Phi) is 6.92. The fourth-order valence-electron chi connectivity index (χ4n) is 3.59. The number of para-hydroxylation sites is 2. The fraction of sp³-hybridized carbons (Fsp3) is 0.200. The average molecular weight is 450 g/mol. The smallest absolute Gasteiger partial charge is 0.322 e. The maximum atomic E-state index is 13.2. The second-order valence-corrected chi connectivity index (χ2v) is 7.91. The molecule has 0 radical (unpaired) electrons. The molecule has 3 aromatic rings. The zero-order chi connectivity index (χ0) is 22.3. The Labute approximate surface area is 192 Å². The SMILES string of the molecule is COc1ccccc1NC(=O)N(Cc1cccc(Cl)c1)C[C@@H]1CC(c2ccccc2)=NO1.